The van der Waals surface area contributed by atoms with Crippen molar-refractivity contribution >= 4 is 18.0 Å². The molecule has 0 spiro atoms. The van der Waals surface area contributed by atoms with Gasteiger partial charge in [-0.3, -0.25) is 4.79 Å². The van der Waals surface area contributed by atoms with Crippen molar-refractivity contribution in [1.29, 1.82) is 0 Å². The first kappa shape index (κ1) is 26.2. The lowest BCUT2D eigenvalue weighted by Crippen LogP contribution is -2.63. The molecule has 0 saturated heterocycles. The summed E-state index contributed by atoms with van der Waals surface area (Å²) in [5.41, 5.74) is 2.10. The van der Waals surface area contributed by atoms with Crippen LogP contribution in [0, 0.1) is 5.41 Å². The minimum Gasteiger partial charge on any atom is -0.479 e. The van der Waals surface area contributed by atoms with Crippen LogP contribution in [0.4, 0.5) is 4.79 Å². The van der Waals surface area contributed by atoms with Gasteiger partial charge in [-0.15, -0.1) is 0 Å². The molecule has 2 amide bonds. The maximum absolute atomic E-state index is 13.2. The van der Waals surface area contributed by atoms with Gasteiger partial charge in [0.2, 0.25) is 5.91 Å². The third-order valence-electron chi connectivity index (χ3n) is 6.50. The number of hydrogen-bond donors (Lipinski definition) is 3. The first-order chi connectivity index (χ1) is 16.5. The van der Waals surface area contributed by atoms with E-state index in [0.29, 0.717) is 0 Å². The molecule has 188 valence electrons. The largest absolute Gasteiger partial charge is 0.479 e. The lowest BCUT2D eigenvalue weighted by molar-refractivity contribution is -0.151. The lowest BCUT2D eigenvalue weighted by Gasteiger charge is -2.35. The standard InChI is InChI=1S/C27H34N2O6/c1-6-27(16-34-5,24(31)32)29-23(30)22(26(2,3)4)28-25(33)35-15-21-19-13-9-7-11-17(19)18-12-8-10-14-20(18)21/h7-14,21-22H,6,15-16H2,1-5H3,(H,28,33)(H,29,30)(H,31,32)/t22-,27?/m1/s1. The van der Waals surface area contributed by atoms with Crippen LogP contribution in [0.15, 0.2) is 48.5 Å². The smallest absolute Gasteiger partial charge is 0.407 e. The number of nitrogens with one attached hydrogen (secondary N) is 2. The number of fused-ring (bicyclic) bond motifs is 3. The van der Waals surface area contributed by atoms with Crippen LogP contribution in [0.3, 0.4) is 0 Å². The van der Waals surface area contributed by atoms with Gasteiger partial charge in [0.05, 0.1) is 6.61 Å². The Morgan fingerprint density at radius 2 is 1.54 bits per heavy atom. The molecule has 0 radical (unpaired) electrons. The number of amides is 2. The van der Waals surface area contributed by atoms with E-state index < -0.39 is 35.0 Å². The highest BCUT2D eigenvalue weighted by Gasteiger charge is 2.43. The highest BCUT2D eigenvalue weighted by atomic mass is 16.5. The summed E-state index contributed by atoms with van der Waals surface area (Å²) in [7, 11) is 1.37. The summed E-state index contributed by atoms with van der Waals surface area (Å²) in [5, 5.41) is 15.0. The molecule has 3 N–H and O–H groups in total. The summed E-state index contributed by atoms with van der Waals surface area (Å²) in [6, 6.07) is 15.0. The molecule has 0 bridgehead atoms. The van der Waals surface area contributed by atoms with E-state index in [1.807, 2.05) is 36.4 Å². The first-order valence-corrected chi connectivity index (χ1v) is 11.7. The molecule has 1 unspecified atom stereocenters. The van der Waals surface area contributed by atoms with E-state index in [4.69, 9.17) is 9.47 Å². The van der Waals surface area contributed by atoms with Crippen molar-refractivity contribution in [3.8, 4) is 11.1 Å². The predicted molar refractivity (Wildman–Crippen MR) is 132 cm³/mol. The number of carbonyl (C=O) groups excluding carboxylic acids is 2. The fourth-order valence-corrected chi connectivity index (χ4v) is 4.48. The minimum absolute atomic E-state index is 0.107. The van der Waals surface area contributed by atoms with Gasteiger partial charge in [0, 0.05) is 13.0 Å². The Kier molecular flexibility index (Phi) is 7.85. The Balaban J connectivity index is 1.73. The van der Waals surface area contributed by atoms with Crippen LogP contribution in [-0.4, -0.2) is 55.0 Å². The SMILES string of the molecule is CCC(COC)(NC(=O)[C@@H](NC(=O)OCC1c2ccccc2-c2ccccc21)C(C)(C)C)C(=O)O. The molecule has 1 aliphatic carbocycles. The predicted octanol–water partition coefficient (Wildman–Crippen LogP) is 3.94. The second-order valence-corrected chi connectivity index (χ2v) is 9.93. The number of methoxy groups -OCH3 is 1. The van der Waals surface area contributed by atoms with Gasteiger partial charge < -0.3 is 25.2 Å². The number of carboxylic acid groups (broad SMARTS) is 1. The quantitative estimate of drug-likeness (QED) is 0.499. The van der Waals surface area contributed by atoms with Gasteiger partial charge in [-0.05, 0) is 34.1 Å². The van der Waals surface area contributed by atoms with Crippen LogP contribution in [0.1, 0.15) is 51.2 Å². The molecule has 8 nitrogen and oxygen atoms in total. The molecule has 1 aliphatic rings. The van der Waals surface area contributed by atoms with Crippen molar-refractivity contribution in [2.24, 2.45) is 5.41 Å². The third kappa shape index (κ3) is 5.48. The van der Waals surface area contributed by atoms with Crippen molar-refractivity contribution in [3.05, 3.63) is 59.7 Å². The van der Waals surface area contributed by atoms with Gasteiger partial charge >= 0.3 is 12.1 Å². The van der Waals surface area contributed by atoms with Gasteiger partial charge in [-0.1, -0.05) is 76.2 Å². The van der Waals surface area contributed by atoms with Crippen LogP contribution in [0.25, 0.3) is 11.1 Å². The Bertz CT molecular complexity index is 1050. The molecule has 0 fully saturated rings. The number of alkyl carbamates (subject to hydrolysis) is 1. The molecule has 0 saturated carbocycles. The van der Waals surface area contributed by atoms with E-state index in [-0.39, 0.29) is 25.6 Å². The zero-order chi connectivity index (χ0) is 25.8. The van der Waals surface area contributed by atoms with Gasteiger partial charge in [0.1, 0.15) is 12.6 Å². The Hall–Kier alpha value is -3.39. The number of hydrogen-bond acceptors (Lipinski definition) is 5. The normalized spacial score (nSPS) is 15.3. The van der Waals surface area contributed by atoms with E-state index in [1.165, 1.54) is 7.11 Å². The van der Waals surface area contributed by atoms with Crippen molar-refractivity contribution in [1.82, 2.24) is 10.6 Å². The topological polar surface area (TPSA) is 114 Å². The van der Waals surface area contributed by atoms with Gasteiger partial charge in [-0.2, -0.15) is 0 Å². The fraction of sp³-hybridized carbons (Fsp3) is 0.444. The van der Waals surface area contributed by atoms with Gasteiger partial charge in [0.25, 0.3) is 0 Å². The summed E-state index contributed by atoms with van der Waals surface area (Å²) >= 11 is 0. The number of aliphatic carboxylic acids is 1. The van der Waals surface area contributed by atoms with Crippen LogP contribution in [0.2, 0.25) is 0 Å². The van der Waals surface area contributed by atoms with Gasteiger partial charge in [-0.25, -0.2) is 9.59 Å². The van der Waals surface area contributed by atoms with Gasteiger partial charge in [0.15, 0.2) is 5.54 Å². The zero-order valence-electron chi connectivity index (χ0n) is 20.9. The van der Waals surface area contributed by atoms with E-state index >= 15 is 0 Å². The Morgan fingerprint density at radius 1 is 1.00 bits per heavy atom. The highest BCUT2D eigenvalue weighted by molar-refractivity contribution is 5.92. The molecule has 0 aliphatic heterocycles. The Labute approximate surface area is 206 Å². The van der Waals surface area contributed by atoms with E-state index in [9.17, 15) is 19.5 Å². The molecule has 35 heavy (non-hydrogen) atoms. The second-order valence-electron chi connectivity index (χ2n) is 9.93. The molecule has 3 rings (SSSR count). The number of carboxylic acids is 1. The average molecular weight is 483 g/mol. The third-order valence-corrected chi connectivity index (χ3v) is 6.50. The summed E-state index contributed by atoms with van der Waals surface area (Å²) in [5.74, 6) is -1.94. The van der Waals surface area contributed by atoms with Crippen molar-refractivity contribution in [2.45, 2.75) is 51.6 Å². The highest BCUT2D eigenvalue weighted by Crippen LogP contribution is 2.44. The fourth-order valence-electron chi connectivity index (χ4n) is 4.48. The number of benzene rings is 2. The van der Waals surface area contributed by atoms with Crippen LogP contribution < -0.4 is 10.6 Å². The summed E-state index contributed by atoms with van der Waals surface area (Å²) in [6.07, 6.45) is -0.630. The van der Waals surface area contributed by atoms with E-state index in [2.05, 4.69) is 22.8 Å². The molecule has 8 heteroatoms. The molecule has 2 aromatic carbocycles. The second kappa shape index (κ2) is 10.5. The maximum atomic E-state index is 13.2. The first-order valence-electron chi connectivity index (χ1n) is 11.7. The summed E-state index contributed by atoms with van der Waals surface area (Å²) < 4.78 is 10.6. The number of rotatable bonds is 9. The molecular weight excluding hydrogens is 448 g/mol. The van der Waals surface area contributed by atoms with Crippen molar-refractivity contribution < 1.29 is 29.0 Å². The molecular formula is C27H34N2O6. The Morgan fingerprint density at radius 3 is 2.00 bits per heavy atom. The van der Waals surface area contributed by atoms with E-state index in [0.717, 1.165) is 22.3 Å². The van der Waals surface area contributed by atoms with Crippen LogP contribution in [-0.2, 0) is 19.1 Å². The molecule has 0 aromatic heterocycles. The van der Waals surface area contributed by atoms with Crippen LogP contribution in [0.5, 0.6) is 0 Å². The monoisotopic (exact) mass is 482 g/mol. The molecule has 2 atom stereocenters. The number of carbonyl (C=O) groups is 3. The molecule has 0 heterocycles. The average Bonchev–Trinajstić information content (AvgIpc) is 3.13. The van der Waals surface area contributed by atoms with Crippen LogP contribution >= 0.6 is 0 Å². The maximum Gasteiger partial charge on any atom is 0.407 e. The minimum atomic E-state index is -1.60. The van der Waals surface area contributed by atoms with Crippen molar-refractivity contribution in [3.63, 3.8) is 0 Å². The van der Waals surface area contributed by atoms with E-state index in [1.54, 1.807) is 27.7 Å². The lowest BCUT2D eigenvalue weighted by atomic mass is 9.85. The van der Waals surface area contributed by atoms with Crippen molar-refractivity contribution in [2.75, 3.05) is 20.3 Å². The summed E-state index contributed by atoms with van der Waals surface area (Å²) in [4.78, 5) is 37.9. The zero-order valence-corrected chi connectivity index (χ0v) is 20.9. The number of ether oxygens (including phenoxy) is 2. The molecule has 2 aromatic rings. The summed E-state index contributed by atoms with van der Waals surface area (Å²) in [6.45, 7) is 6.91.